The summed E-state index contributed by atoms with van der Waals surface area (Å²) in [5.74, 6) is 0.858. The second-order valence-corrected chi connectivity index (χ2v) is 4.34. The topological polar surface area (TPSA) is 37.8 Å². The lowest BCUT2D eigenvalue weighted by Crippen LogP contribution is -2.19. The maximum Gasteiger partial charge on any atom is 0.141 e. The summed E-state index contributed by atoms with van der Waals surface area (Å²) >= 11 is 0. The minimum Gasteiger partial charge on any atom is -0.303 e. The van der Waals surface area contributed by atoms with Crippen LogP contribution in [0.25, 0.3) is 0 Å². The molecule has 1 atom stereocenters. The van der Waals surface area contributed by atoms with Gasteiger partial charge >= 0.3 is 0 Å². The van der Waals surface area contributed by atoms with Crippen LogP contribution in [0.5, 0.6) is 0 Å². The number of aryl methyl sites for hydroxylation is 1. The van der Waals surface area contributed by atoms with Crippen molar-refractivity contribution in [1.29, 1.82) is 0 Å². The maximum absolute atomic E-state index is 4.22. The number of nitrogens with zero attached hydrogens (tertiary/aromatic N) is 2. The molecule has 1 unspecified atom stereocenters. The van der Waals surface area contributed by atoms with Crippen LogP contribution >= 0.6 is 0 Å². The zero-order valence-corrected chi connectivity index (χ0v) is 9.63. The molecule has 2 aromatic rings. The van der Waals surface area contributed by atoms with Gasteiger partial charge < -0.3 is 5.32 Å². The predicted octanol–water partition coefficient (Wildman–Crippen LogP) is 2.25. The quantitative estimate of drug-likeness (QED) is 0.870. The SMILES string of the molecule is c1cnc(CNC2CCc3ccccc32)nc1. The van der Waals surface area contributed by atoms with Gasteiger partial charge in [-0.15, -0.1) is 0 Å². The van der Waals surface area contributed by atoms with E-state index in [-0.39, 0.29) is 0 Å². The Kier molecular flexibility index (Phi) is 2.84. The van der Waals surface area contributed by atoms with Crippen molar-refractivity contribution in [2.75, 3.05) is 0 Å². The molecule has 1 aliphatic carbocycles. The van der Waals surface area contributed by atoms with Gasteiger partial charge in [-0.25, -0.2) is 9.97 Å². The first-order valence-corrected chi connectivity index (χ1v) is 6.00. The Hall–Kier alpha value is -1.74. The Balaban J connectivity index is 1.68. The van der Waals surface area contributed by atoms with E-state index in [1.807, 2.05) is 6.07 Å². The summed E-state index contributed by atoms with van der Waals surface area (Å²) in [7, 11) is 0. The smallest absolute Gasteiger partial charge is 0.141 e. The molecule has 1 N–H and O–H groups in total. The Morgan fingerprint density at radius 1 is 1.12 bits per heavy atom. The maximum atomic E-state index is 4.22. The fourth-order valence-electron chi connectivity index (χ4n) is 2.40. The van der Waals surface area contributed by atoms with Gasteiger partial charge in [0.05, 0.1) is 6.54 Å². The highest BCUT2D eigenvalue weighted by molar-refractivity contribution is 5.34. The molecular formula is C14H15N3. The van der Waals surface area contributed by atoms with Crippen LogP contribution in [0.4, 0.5) is 0 Å². The lowest BCUT2D eigenvalue weighted by Gasteiger charge is -2.12. The largest absolute Gasteiger partial charge is 0.303 e. The van der Waals surface area contributed by atoms with Crippen molar-refractivity contribution in [3.63, 3.8) is 0 Å². The van der Waals surface area contributed by atoms with E-state index in [0.717, 1.165) is 12.4 Å². The number of rotatable bonds is 3. The molecule has 0 spiro atoms. The fraction of sp³-hybridized carbons (Fsp3) is 0.286. The summed E-state index contributed by atoms with van der Waals surface area (Å²) in [6, 6.07) is 10.9. The first kappa shape index (κ1) is 10.4. The summed E-state index contributed by atoms with van der Waals surface area (Å²) < 4.78 is 0. The number of hydrogen-bond donors (Lipinski definition) is 1. The van der Waals surface area contributed by atoms with Gasteiger partial charge in [0.25, 0.3) is 0 Å². The van der Waals surface area contributed by atoms with E-state index in [1.54, 1.807) is 12.4 Å². The Morgan fingerprint density at radius 3 is 2.82 bits per heavy atom. The van der Waals surface area contributed by atoms with Crippen molar-refractivity contribution < 1.29 is 0 Å². The van der Waals surface area contributed by atoms with Crippen molar-refractivity contribution in [3.8, 4) is 0 Å². The molecule has 0 radical (unpaired) electrons. The number of hydrogen-bond acceptors (Lipinski definition) is 3. The van der Waals surface area contributed by atoms with Crippen molar-refractivity contribution in [2.45, 2.75) is 25.4 Å². The molecule has 1 aliphatic rings. The van der Waals surface area contributed by atoms with Gasteiger partial charge in [0.1, 0.15) is 5.82 Å². The fourth-order valence-corrected chi connectivity index (χ4v) is 2.40. The lowest BCUT2D eigenvalue weighted by atomic mass is 10.1. The van der Waals surface area contributed by atoms with Crippen molar-refractivity contribution >= 4 is 0 Å². The van der Waals surface area contributed by atoms with Crippen LogP contribution < -0.4 is 5.32 Å². The second-order valence-electron chi connectivity index (χ2n) is 4.34. The van der Waals surface area contributed by atoms with Gasteiger partial charge in [-0.3, -0.25) is 0 Å². The highest BCUT2D eigenvalue weighted by Crippen LogP contribution is 2.30. The first-order valence-electron chi connectivity index (χ1n) is 6.00. The van der Waals surface area contributed by atoms with Crippen LogP contribution in [0.2, 0.25) is 0 Å². The minimum atomic E-state index is 0.454. The molecule has 0 aliphatic heterocycles. The second kappa shape index (κ2) is 4.63. The van der Waals surface area contributed by atoms with Crippen LogP contribution in [-0.2, 0) is 13.0 Å². The summed E-state index contributed by atoms with van der Waals surface area (Å²) in [5.41, 5.74) is 2.91. The summed E-state index contributed by atoms with van der Waals surface area (Å²) in [6.07, 6.45) is 5.91. The Bertz CT molecular complexity index is 496. The molecule has 3 rings (SSSR count). The molecular weight excluding hydrogens is 210 g/mol. The molecule has 0 bridgehead atoms. The van der Waals surface area contributed by atoms with Gasteiger partial charge in [0.15, 0.2) is 0 Å². The molecule has 3 heteroatoms. The van der Waals surface area contributed by atoms with E-state index in [4.69, 9.17) is 0 Å². The number of benzene rings is 1. The molecule has 1 aromatic carbocycles. The highest BCUT2D eigenvalue weighted by Gasteiger charge is 2.21. The van der Waals surface area contributed by atoms with E-state index >= 15 is 0 Å². The summed E-state index contributed by atoms with van der Waals surface area (Å²) in [6.45, 7) is 0.736. The van der Waals surface area contributed by atoms with E-state index < -0.39 is 0 Å². The molecule has 17 heavy (non-hydrogen) atoms. The standard InChI is InChI=1S/C14H15N3/c1-2-5-12-11(4-1)6-7-13(12)17-10-14-15-8-3-9-16-14/h1-5,8-9,13,17H,6-7,10H2. The summed E-state index contributed by atoms with van der Waals surface area (Å²) in [4.78, 5) is 8.44. The molecule has 3 nitrogen and oxygen atoms in total. The van der Waals surface area contributed by atoms with Crippen LogP contribution in [0, 0.1) is 0 Å². The average molecular weight is 225 g/mol. The zero-order chi connectivity index (χ0) is 11.5. The molecule has 0 amide bonds. The van der Waals surface area contributed by atoms with E-state index in [9.17, 15) is 0 Å². The third-order valence-corrected chi connectivity index (χ3v) is 3.26. The van der Waals surface area contributed by atoms with Crippen LogP contribution in [0.1, 0.15) is 29.4 Å². The molecule has 1 heterocycles. The minimum absolute atomic E-state index is 0.454. The van der Waals surface area contributed by atoms with Crippen molar-refractivity contribution in [3.05, 3.63) is 59.7 Å². The Morgan fingerprint density at radius 2 is 1.94 bits per heavy atom. The summed E-state index contributed by atoms with van der Waals surface area (Å²) in [5, 5.41) is 3.53. The monoisotopic (exact) mass is 225 g/mol. The van der Waals surface area contributed by atoms with Gasteiger partial charge in [0.2, 0.25) is 0 Å². The van der Waals surface area contributed by atoms with Crippen LogP contribution in [0.3, 0.4) is 0 Å². The predicted molar refractivity (Wildman–Crippen MR) is 66.4 cm³/mol. The van der Waals surface area contributed by atoms with E-state index in [2.05, 4.69) is 39.6 Å². The normalized spacial score (nSPS) is 18.0. The van der Waals surface area contributed by atoms with Crippen molar-refractivity contribution in [2.24, 2.45) is 0 Å². The third-order valence-electron chi connectivity index (χ3n) is 3.26. The molecule has 0 saturated heterocycles. The average Bonchev–Trinajstić information content (AvgIpc) is 2.81. The third kappa shape index (κ3) is 2.19. The highest BCUT2D eigenvalue weighted by atomic mass is 15.0. The van der Waals surface area contributed by atoms with Gasteiger partial charge in [0, 0.05) is 18.4 Å². The van der Waals surface area contributed by atoms with Gasteiger partial charge in [-0.05, 0) is 30.0 Å². The van der Waals surface area contributed by atoms with E-state index in [1.165, 1.54) is 24.0 Å². The molecule has 1 aromatic heterocycles. The van der Waals surface area contributed by atoms with Crippen LogP contribution in [-0.4, -0.2) is 9.97 Å². The zero-order valence-electron chi connectivity index (χ0n) is 9.63. The number of aromatic nitrogens is 2. The van der Waals surface area contributed by atoms with Gasteiger partial charge in [-0.2, -0.15) is 0 Å². The lowest BCUT2D eigenvalue weighted by molar-refractivity contribution is 0.519. The van der Waals surface area contributed by atoms with E-state index in [0.29, 0.717) is 6.04 Å². The van der Waals surface area contributed by atoms with Crippen molar-refractivity contribution in [1.82, 2.24) is 15.3 Å². The molecule has 86 valence electrons. The van der Waals surface area contributed by atoms with Crippen LogP contribution in [0.15, 0.2) is 42.7 Å². The Labute approximate surface area is 101 Å². The molecule has 0 saturated carbocycles. The van der Waals surface area contributed by atoms with Gasteiger partial charge in [-0.1, -0.05) is 24.3 Å². The number of fused-ring (bicyclic) bond motifs is 1. The molecule has 0 fully saturated rings. The first-order chi connectivity index (χ1) is 8.43. The number of nitrogens with one attached hydrogen (secondary N) is 1.